The van der Waals surface area contributed by atoms with Crippen molar-refractivity contribution in [1.82, 2.24) is 5.32 Å². The Balaban J connectivity index is 2.10. The minimum Gasteiger partial charge on any atom is -0.492 e. The van der Waals surface area contributed by atoms with Crippen LogP contribution in [0.15, 0.2) is 42.0 Å². The van der Waals surface area contributed by atoms with Gasteiger partial charge in [-0.25, -0.2) is 4.79 Å². The Morgan fingerprint density at radius 2 is 2.12 bits per heavy atom. The second-order valence-corrected chi connectivity index (χ2v) is 3.56. The maximum atomic E-state index is 10.5. The molecule has 4 heteroatoms. The van der Waals surface area contributed by atoms with Crippen LogP contribution in [0.2, 0.25) is 0 Å². The molecule has 0 fully saturated rings. The Kier molecular flexibility index (Phi) is 5.82. The van der Waals surface area contributed by atoms with Gasteiger partial charge in [0, 0.05) is 18.7 Å². The first-order valence-corrected chi connectivity index (χ1v) is 5.49. The summed E-state index contributed by atoms with van der Waals surface area (Å²) in [4.78, 5) is 10.5. The second-order valence-electron chi connectivity index (χ2n) is 3.56. The van der Waals surface area contributed by atoms with Crippen LogP contribution in [0.4, 0.5) is 0 Å². The summed E-state index contributed by atoms with van der Waals surface area (Å²) >= 11 is 0. The van der Waals surface area contributed by atoms with Crippen LogP contribution in [0.1, 0.15) is 6.92 Å². The van der Waals surface area contributed by atoms with E-state index in [2.05, 4.69) is 5.32 Å². The maximum Gasteiger partial charge on any atom is 0.330 e. The molecule has 0 radical (unpaired) electrons. The van der Waals surface area contributed by atoms with Crippen molar-refractivity contribution in [3.8, 4) is 5.75 Å². The van der Waals surface area contributed by atoms with Gasteiger partial charge in [0.25, 0.3) is 0 Å². The first-order chi connectivity index (χ1) is 8.20. The fourth-order valence-corrected chi connectivity index (χ4v) is 1.17. The number of para-hydroxylation sites is 1. The van der Waals surface area contributed by atoms with E-state index in [9.17, 15) is 4.79 Å². The van der Waals surface area contributed by atoms with Gasteiger partial charge in [-0.3, -0.25) is 0 Å². The minimum absolute atomic E-state index is 0.349. The van der Waals surface area contributed by atoms with E-state index >= 15 is 0 Å². The minimum atomic E-state index is -0.882. The number of hydrogen-bond acceptors (Lipinski definition) is 3. The monoisotopic (exact) mass is 235 g/mol. The standard InChI is InChI=1S/C13H17NO3/c1-11(13(15)16)7-8-14-9-10-17-12-5-3-2-4-6-12/h2-7,14H,8-10H2,1H3,(H,15,16)/b11-7-. The predicted octanol–water partition coefficient (Wildman–Crippen LogP) is 1.69. The summed E-state index contributed by atoms with van der Waals surface area (Å²) in [5.41, 5.74) is 0.349. The van der Waals surface area contributed by atoms with E-state index in [1.165, 1.54) is 0 Å². The molecule has 0 atom stereocenters. The number of nitrogens with one attached hydrogen (secondary N) is 1. The van der Waals surface area contributed by atoms with Crippen LogP contribution in [-0.2, 0) is 4.79 Å². The van der Waals surface area contributed by atoms with Gasteiger partial charge in [-0.2, -0.15) is 0 Å². The molecule has 1 rings (SSSR count). The summed E-state index contributed by atoms with van der Waals surface area (Å²) in [5.74, 6) is -0.0427. The van der Waals surface area contributed by atoms with Crippen molar-refractivity contribution in [2.24, 2.45) is 0 Å². The van der Waals surface area contributed by atoms with Crippen molar-refractivity contribution in [3.63, 3.8) is 0 Å². The molecule has 0 saturated heterocycles. The van der Waals surface area contributed by atoms with Crippen LogP contribution >= 0.6 is 0 Å². The van der Waals surface area contributed by atoms with E-state index in [1.807, 2.05) is 30.3 Å². The number of benzene rings is 1. The molecule has 0 heterocycles. The highest BCUT2D eigenvalue weighted by atomic mass is 16.5. The van der Waals surface area contributed by atoms with Crippen LogP contribution in [0.25, 0.3) is 0 Å². The van der Waals surface area contributed by atoms with Gasteiger partial charge in [0.05, 0.1) is 0 Å². The van der Waals surface area contributed by atoms with Crippen LogP contribution in [0.3, 0.4) is 0 Å². The van der Waals surface area contributed by atoms with Gasteiger partial charge >= 0.3 is 5.97 Å². The van der Waals surface area contributed by atoms with Crippen molar-refractivity contribution in [2.75, 3.05) is 19.7 Å². The molecule has 4 nitrogen and oxygen atoms in total. The van der Waals surface area contributed by atoms with Crippen LogP contribution in [-0.4, -0.2) is 30.8 Å². The third-order valence-corrected chi connectivity index (χ3v) is 2.18. The number of carboxylic acids is 1. The van der Waals surface area contributed by atoms with Crippen molar-refractivity contribution in [1.29, 1.82) is 0 Å². The lowest BCUT2D eigenvalue weighted by Gasteiger charge is -2.05. The maximum absolute atomic E-state index is 10.5. The quantitative estimate of drug-likeness (QED) is 0.557. The van der Waals surface area contributed by atoms with Crippen LogP contribution in [0, 0.1) is 0 Å². The molecule has 2 N–H and O–H groups in total. The highest BCUT2D eigenvalue weighted by Gasteiger charge is 1.97. The van der Waals surface area contributed by atoms with E-state index < -0.39 is 5.97 Å². The predicted molar refractivity (Wildman–Crippen MR) is 66.2 cm³/mol. The van der Waals surface area contributed by atoms with Crippen molar-refractivity contribution >= 4 is 5.97 Å². The molecule has 0 saturated carbocycles. The van der Waals surface area contributed by atoms with Crippen LogP contribution < -0.4 is 10.1 Å². The van der Waals surface area contributed by atoms with Gasteiger partial charge in [-0.05, 0) is 19.1 Å². The normalized spacial score (nSPS) is 11.2. The van der Waals surface area contributed by atoms with Gasteiger partial charge in [-0.15, -0.1) is 0 Å². The van der Waals surface area contributed by atoms with Gasteiger partial charge in [0.15, 0.2) is 0 Å². The number of ether oxygens (including phenoxy) is 1. The molecule has 0 aliphatic rings. The zero-order valence-corrected chi connectivity index (χ0v) is 9.85. The van der Waals surface area contributed by atoms with Gasteiger partial charge in [-0.1, -0.05) is 24.3 Å². The molecule has 1 aromatic rings. The third kappa shape index (κ3) is 5.73. The molecule has 0 bridgehead atoms. The smallest absolute Gasteiger partial charge is 0.330 e. The van der Waals surface area contributed by atoms with E-state index in [1.54, 1.807) is 13.0 Å². The number of carboxylic acid groups (broad SMARTS) is 1. The Morgan fingerprint density at radius 3 is 2.76 bits per heavy atom. The first-order valence-electron chi connectivity index (χ1n) is 5.49. The Morgan fingerprint density at radius 1 is 1.41 bits per heavy atom. The Hall–Kier alpha value is -1.81. The average molecular weight is 235 g/mol. The Labute approximate surface area is 101 Å². The summed E-state index contributed by atoms with van der Waals surface area (Å²) in [7, 11) is 0. The third-order valence-electron chi connectivity index (χ3n) is 2.18. The molecule has 1 aromatic carbocycles. The highest BCUT2D eigenvalue weighted by molar-refractivity contribution is 5.85. The molecule has 0 aliphatic heterocycles. The molecule has 17 heavy (non-hydrogen) atoms. The van der Waals surface area contributed by atoms with Crippen molar-refractivity contribution < 1.29 is 14.6 Å². The lowest BCUT2D eigenvalue weighted by molar-refractivity contribution is -0.132. The fourth-order valence-electron chi connectivity index (χ4n) is 1.17. The number of hydrogen-bond donors (Lipinski definition) is 2. The summed E-state index contributed by atoms with van der Waals surface area (Å²) in [5, 5.41) is 11.7. The molecule has 0 aliphatic carbocycles. The molecule has 0 spiro atoms. The largest absolute Gasteiger partial charge is 0.492 e. The SMILES string of the molecule is C/C(=C/CNCCOc1ccccc1)C(=O)O. The number of aliphatic carboxylic acids is 1. The molecule has 0 unspecified atom stereocenters. The summed E-state index contributed by atoms with van der Waals surface area (Å²) < 4.78 is 5.46. The molecule has 0 aromatic heterocycles. The fraction of sp³-hybridized carbons (Fsp3) is 0.308. The number of carbonyl (C=O) groups is 1. The van der Waals surface area contributed by atoms with E-state index in [4.69, 9.17) is 9.84 Å². The zero-order valence-electron chi connectivity index (χ0n) is 9.85. The van der Waals surface area contributed by atoms with Crippen LogP contribution in [0.5, 0.6) is 5.75 Å². The van der Waals surface area contributed by atoms with E-state index in [0.29, 0.717) is 25.3 Å². The molecule has 92 valence electrons. The van der Waals surface area contributed by atoms with Gasteiger partial charge in [0.1, 0.15) is 12.4 Å². The molecular formula is C13H17NO3. The number of rotatable bonds is 7. The summed E-state index contributed by atoms with van der Waals surface area (Å²) in [6, 6.07) is 9.57. The van der Waals surface area contributed by atoms with E-state index in [-0.39, 0.29) is 0 Å². The summed E-state index contributed by atoms with van der Waals surface area (Å²) in [6.07, 6.45) is 1.64. The summed E-state index contributed by atoms with van der Waals surface area (Å²) in [6.45, 7) is 3.35. The molecule has 0 amide bonds. The van der Waals surface area contributed by atoms with Gasteiger partial charge in [0.2, 0.25) is 0 Å². The van der Waals surface area contributed by atoms with E-state index in [0.717, 1.165) is 5.75 Å². The molecular weight excluding hydrogens is 218 g/mol. The van der Waals surface area contributed by atoms with Crippen molar-refractivity contribution in [3.05, 3.63) is 42.0 Å². The average Bonchev–Trinajstić information content (AvgIpc) is 2.34. The van der Waals surface area contributed by atoms with Crippen molar-refractivity contribution in [2.45, 2.75) is 6.92 Å². The Bertz CT molecular complexity index is 374. The lowest BCUT2D eigenvalue weighted by Crippen LogP contribution is -2.21. The lowest BCUT2D eigenvalue weighted by atomic mass is 10.3. The first kappa shape index (κ1) is 13.3. The van der Waals surface area contributed by atoms with Gasteiger partial charge < -0.3 is 15.2 Å². The topological polar surface area (TPSA) is 58.6 Å². The highest BCUT2D eigenvalue weighted by Crippen LogP contribution is 2.07. The second kappa shape index (κ2) is 7.46. The zero-order chi connectivity index (χ0) is 12.5.